The number of nitrogens with one attached hydrogen (secondary N) is 1. The van der Waals surface area contributed by atoms with Gasteiger partial charge in [0, 0.05) is 25.3 Å². The van der Waals surface area contributed by atoms with Crippen molar-refractivity contribution in [3.63, 3.8) is 0 Å². The van der Waals surface area contributed by atoms with Crippen LogP contribution in [0, 0.1) is 11.8 Å². The number of rotatable bonds is 7. The average Bonchev–Trinajstić information content (AvgIpc) is 2.36. The number of carbonyl (C=O) groups is 3. The Labute approximate surface area is 113 Å². The number of aliphatic carboxylic acids is 1. The molecule has 5 nitrogen and oxygen atoms in total. The van der Waals surface area contributed by atoms with Gasteiger partial charge in [0.1, 0.15) is 5.78 Å². The molecular formula is C14H23NO4. The number of amides is 1. The topological polar surface area (TPSA) is 83.5 Å². The quantitative estimate of drug-likeness (QED) is 0.737. The van der Waals surface area contributed by atoms with Gasteiger partial charge in [-0.3, -0.25) is 14.4 Å². The van der Waals surface area contributed by atoms with Crippen LogP contribution in [0.4, 0.5) is 0 Å². The lowest BCUT2D eigenvalue weighted by molar-refractivity contribution is -0.137. The van der Waals surface area contributed by atoms with Gasteiger partial charge in [0.05, 0.1) is 0 Å². The van der Waals surface area contributed by atoms with Crippen LogP contribution >= 0.6 is 0 Å². The van der Waals surface area contributed by atoms with E-state index in [-0.39, 0.29) is 30.4 Å². The molecule has 19 heavy (non-hydrogen) atoms. The highest BCUT2D eigenvalue weighted by molar-refractivity contribution is 5.78. The largest absolute Gasteiger partial charge is 0.481 e. The summed E-state index contributed by atoms with van der Waals surface area (Å²) in [5.41, 5.74) is 0. The van der Waals surface area contributed by atoms with Gasteiger partial charge in [-0.1, -0.05) is 0 Å². The van der Waals surface area contributed by atoms with Crippen molar-refractivity contribution in [2.45, 2.75) is 51.9 Å². The molecule has 0 aromatic carbocycles. The minimum absolute atomic E-state index is 0.0388. The molecule has 0 bridgehead atoms. The molecule has 1 fully saturated rings. The van der Waals surface area contributed by atoms with Gasteiger partial charge in [-0.25, -0.2) is 0 Å². The number of hydrogen-bond acceptors (Lipinski definition) is 3. The molecule has 0 unspecified atom stereocenters. The second-order valence-corrected chi connectivity index (χ2v) is 5.38. The Bertz CT molecular complexity index is 332. The third-order valence-electron chi connectivity index (χ3n) is 3.80. The third kappa shape index (κ3) is 6.36. The van der Waals surface area contributed by atoms with Gasteiger partial charge in [-0.15, -0.1) is 0 Å². The smallest absolute Gasteiger partial charge is 0.303 e. The lowest BCUT2D eigenvalue weighted by Gasteiger charge is -2.27. The summed E-state index contributed by atoms with van der Waals surface area (Å²) >= 11 is 0. The summed E-state index contributed by atoms with van der Waals surface area (Å²) in [6, 6.07) is 0. The molecule has 0 aliphatic heterocycles. The van der Waals surface area contributed by atoms with E-state index in [0.717, 1.165) is 25.7 Å². The highest BCUT2D eigenvalue weighted by Crippen LogP contribution is 2.28. The molecule has 1 aliphatic carbocycles. The SMILES string of the molecule is CC(=O)[C@H]1CC[C@H](CNC(=O)CCCC(=O)O)CC1. The lowest BCUT2D eigenvalue weighted by Crippen LogP contribution is -2.32. The molecule has 0 aromatic heterocycles. The summed E-state index contributed by atoms with van der Waals surface area (Å²) in [6.45, 7) is 2.30. The van der Waals surface area contributed by atoms with E-state index in [1.54, 1.807) is 6.92 Å². The Morgan fingerprint density at radius 1 is 1.11 bits per heavy atom. The maximum Gasteiger partial charge on any atom is 0.303 e. The predicted molar refractivity (Wildman–Crippen MR) is 70.6 cm³/mol. The Kier molecular flexibility index (Phi) is 6.53. The predicted octanol–water partition coefficient (Wildman–Crippen LogP) is 1.75. The maximum atomic E-state index is 11.5. The fraction of sp³-hybridized carbons (Fsp3) is 0.786. The van der Waals surface area contributed by atoms with Crippen LogP contribution < -0.4 is 5.32 Å². The Balaban J connectivity index is 2.11. The van der Waals surface area contributed by atoms with Crippen molar-refractivity contribution in [3.05, 3.63) is 0 Å². The molecule has 0 radical (unpaired) electrons. The van der Waals surface area contributed by atoms with Gasteiger partial charge in [0.15, 0.2) is 0 Å². The Morgan fingerprint density at radius 2 is 1.74 bits per heavy atom. The molecule has 1 amide bonds. The molecule has 0 aromatic rings. The standard InChI is InChI=1S/C14H23NO4/c1-10(16)12-7-5-11(6-8-12)9-15-13(17)3-2-4-14(18)19/h11-12H,2-9H2,1H3,(H,15,17)(H,18,19)/t11-,12-. The number of Topliss-reactive ketones (excluding diaryl/α,β-unsaturated/α-hetero) is 1. The zero-order chi connectivity index (χ0) is 14.3. The number of carboxylic acids is 1. The molecule has 0 spiro atoms. The number of ketones is 1. The molecule has 108 valence electrons. The lowest BCUT2D eigenvalue weighted by atomic mass is 9.80. The highest BCUT2D eigenvalue weighted by Gasteiger charge is 2.23. The molecule has 5 heteroatoms. The van der Waals surface area contributed by atoms with Crippen LogP contribution in [0.5, 0.6) is 0 Å². The number of hydrogen-bond donors (Lipinski definition) is 2. The summed E-state index contributed by atoms with van der Waals surface area (Å²) in [5, 5.41) is 11.3. The average molecular weight is 269 g/mol. The van der Waals surface area contributed by atoms with Crippen molar-refractivity contribution >= 4 is 17.7 Å². The summed E-state index contributed by atoms with van der Waals surface area (Å²) in [4.78, 5) is 33.0. The van der Waals surface area contributed by atoms with Crippen LogP contribution in [0.1, 0.15) is 51.9 Å². The molecule has 0 heterocycles. The van der Waals surface area contributed by atoms with E-state index in [4.69, 9.17) is 5.11 Å². The third-order valence-corrected chi connectivity index (χ3v) is 3.80. The number of carbonyl (C=O) groups excluding carboxylic acids is 2. The minimum Gasteiger partial charge on any atom is -0.481 e. The molecule has 0 saturated heterocycles. The van der Waals surface area contributed by atoms with E-state index in [9.17, 15) is 14.4 Å². The first-order valence-electron chi connectivity index (χ1n) is 6.98. The summed E-state index contributed by atoms with van der Waals surface area (Å²) < 4.78 is 0. The molecule has 1 rings (SSSR count). The van der Waals surface area contributed by atoms with E-state index in [1.807, 2.05) is 0 Å². The van der Waals surface area contributed by atoms with E-state index < -0.39 is 5.97 Å². The summed E-state index contributed by atoms with van der Waals surface area (Å²) in [6.07, 6.45) is 4.52. The van der Waals surface area contributed by atoms with Crippen LogP contribution in [0.2, 0.25) is 0 Å². The van der Waals surface area contributed by atoms with E-state index in [0.29, 0.717) is 18.9 Å². The fourth-order valence-corrected chi connectivity index (χ4v) is 2.52. The fourth-order valence-electron chi connectivity index (χ4n) is 2.52. The second-order valence-electron chi connectivity index (χ2n) is 5.38. The van der Waals surface area contributed by atoms with Crippen LogP contribution in [-0.4, -0.2) is 29.3 Å². The Hall–Kier alpha value is -1.39. The van der Waals surface area contributed by atoms with Crippen molar-refractivity contribution < 1.29 is 19.5 Å². The highest BCUT2D eigenvalue weighted by atomic mass is 16.4. The van der Waals surface area contributed by atoms with Crippen molar-refractivity contribution in [2.24, 2.45) is 11.8 Å². The van der Waals surface area contributed by atoms with Crippen molar-refractivity contribution in [1.29, 1.82) is 0 Å². The second kappa shape index (κ2) is 7.92. The van der Waals surface area contributed by atoms with Crippen molar-refractivity contribution in [2.75, 3.05) is 6.54 Å². The van der Waals surface area contributed by atoms with Crippen molar-refractivity contribution in [1.82, 2.24) is 5.32 Å². The van der Waals surface area contributed by atoms with Gasteiger partial charge >= 0.3 is 5.97 Å². The van der Waals surface area contributed by atoms with Crippen LogP contribution in [0.15, 0.2) is 0 Å². The molecular weight excluding hydrogens is 246 g/mol. The molecule has 0 atom stereocenters. The van der Waals surface area contributed by atoms with Crippen molar-refractivity contribution in [3.8, 4) is 0 Å². The number of carboxylic acid groups (broad SMARTS) is 1. The van der Waals surface area contributed by atoms with Crippen LogP contribution in [0.3, 0.4) is 0 Å². The summed E-state index contributed by atoms with van der Waals surface area (Å²) in [5.74, 6) is 0.00277. The van der Waals surface area contributed by atoms with E-state index in [2.05, 4.69) is 5.32 Å². The normalized spacial score (nSPS) is 22.8. The summed E-state index contributed by atoms with van der Waals surface area (Å²) in [7, 11) is 0. The zero-order valence-corrected chi connectivity index (χ0v) is 11.5. The molecule has 1 aliphatic rings. The van der Waals surface area contributed by atoms with Gasteiger partial charge in [-0.05, 0) is 44.9 Å². The van der Waals surface area contributed by atoms with E-state index in [1.165, 1.54) is 0 Å². The monoisotopic (exact) mass is 269 g/mol. The minimum atomic E-state index is -0.865. The Morgan fingerprint density at radius 3 is 2.26 bits per heavy atom. The maximum absolute atomic E-state index is 11.5. The first-order valence-corrected chi connectivity index (χ1v) is 6.98. The van der Waals surface area contributed by atoms with Gasteiger partial charge in [-0.2, -0.15) is 0 Å². The molecule has 2 N–H and O–H groups in total. The van der Waals surface area contributed by atoms with Gasteiger partial charge in [0.25, 0.3) is 0 Å². The van der Waals surface area contributed by atoms with E-state index >= 15 is 0 Å². The first-order chi connectivity index (χ1) is 8.99. The van der Waals surface area contributed by atoms with Gasteiger partial charge in [0.2, 0.25) is 5.91 Å². The zero-order valence-electron chi connectivity index (χ0n) is 11.5. The molecule has 1 saturated carbocycles. The first kappa shape index (κ1) is 15.7. The van der Waals surface area contributed by atoms with Gasteiger partial charge < -0.3 is 10.4 Å². The van der Waals surface area contributed by atoms with Crippen LogP contribution in [0.25, 0.3) is 0 Å². The van der Waals surface area contributed by atoms with Crippen LogP contribution in [-0.2, 0) is 14.4 Å².